The first-order chi connectivity index (χ1) is 11.8. The minimum atomic E-state index is -0.103. The molecule has 0 fully saturated rings. The standard InChI is InChI=1S/C20H14N2OS/c23-20-18(14-17-12-7-13-24-17)19(15-8-3-1-4-9-15)21-22(20)16-10-5-2-6-11-16/h1-14H. The molecule has 116 valence electrons. The van der Waals surface area contributed by atoms with Gasteiger partial charge in [-0.1, -0.05) is 54.6 Å². The van der Waals surface area contributed by atoms with E-state index in [-0.39, 0.29) is 5.91 Å². The van der Waals surface area contributed by atoms with Crippen LogP contribution in [0.2, 0.25) is 0 Å². The maximum atomic E-state index is 13.0. The zero-order valence-corrected chi connectivity index (χ0v) is 13.6. The fourth-order valence-electron chi connectivity index (χ4n) is 2.61. The molecule has 24 heavy (non-hydrogen) atoms. The van der Waals surface area contributed by atoms with Crippen LogP contribution in [-0.4, -0.2) is 11.6 Å². The number of hydrazone groups is 1. The summed E-state index contributed by atoms with van der Waals surface area (Å²) in [5, 5.41) is 8.08. The zero-order chi connectivity index (χ0) is 16.4. The van der Waals surface area contributed by atoms with Crippen LogP contribution >= 0.6 is 11.3 Å². The van der Waals surface area contributed by atoms with Crippen LogP contribution in [0.5, 0.6) is 0 Å². The Balaban J connectivity index is 1.83. The third-order valence-corrected chi connectivity index (χ3v) is 4.57. The summed E-state index contributed by atoms with van der Waals surface area (Å²) < 4.78 is 0. The van der Waals surface area contributed by atoms with Crippen molar-refractivity contribution in [3.05, 3.63) is 94.2 Å². The van der Waals surface area contributed by atoms with Gasteiger partial charge in [-0.15, -0.1) is 11.3 Å². The lowest BCUT2D eigenvalue weighted by Gasteiger charge is -2.10. The fraction of sp³-hybridized carbons (Fsp3) is 0. The lowest BCUT2D eigenvalue weighted by Crippen LogP contribution is -2.21. The molecule has 0 aliphatic carbocycles. The molecule has 3 aromatic rings. The molecule has 4 rings (SSSR count). The molecular weight excluding hydrogens is 316 g/mol. The predicted octanol–water partition coefficient (Wildman–Crippen LogP) is 4.58. The molecule has 3 nitrogen and oxygen atoms in total. The maximum Gasteiger partial charge on any atom is 0.281 e. The second kappa shape index (κ2) is 6.26. The van der Waals surface area contributed by atoms with Crippen LogP contribution in [-0.2, 0) is 4.79 Å². The van der Waals surface area contributed by atoms with E-state index in [1.807, 2.05) is 84.3 Å². The number of carbonyl (C=O) groups excluding carboxylic acids is 1. The zero-order valence-electron chi connectivity index (χ0n) is 12.8. The molecule has 4 heteroatoms. The van der Waals surface area contributed by atoms with Crippen molar-refractivity contribution in [2.24, 2.45) is 5.10 Å². The van der Waals surface area contributed by atoms with Gasteiger partial charge in [0.05, 0.1) is 11.3 Å². The second-order valence-electron chi connectivity index (χ2n) is 5.34. The highest BCUT2D eigenvalue weighted by Gasteiger charge is 2.31. The number of amides is 1. The van der Waals surface area contributed by atoms with E-state index in [9.17, 15) is 4.79 Å². The summed E-state index contributed by atoms with van der Waals surface area (Å²) in [6, 6.07) is 23.3. The summed E-state index contributed by atoms with van der Waals surface area (Å²) in [5.74, 6) is -0.103. The van der Waals surface area contributed by atoms with Gasteiger partial charge in [0, 0.05) is 10.4 Å². The highest BCUT2D eigenvalue weighted by atomic mass is 32.1. The van der Waals surface area contributed by atoms with Crippen molar-refractivity contribution in [1.29, 1.82) is 0 Å². The molecule has 1 aliphatic heterocycles. The van der Waals surface area contributed by atoms with Gasteiger partial charge >= 0.3 is 0 Å². The highest BCUT2D eigenvalue weighted by molar-refractivity contribution is 7.10. The number of rotatable bonds is 3. The third kappa shape index (κ3) is 2.68. The van der Waals surface area contributed by atoms with Gasteiger partial charge in [-0.05, 0) is 29.7 Å². The van der Waals surface area contributed by atoms with E-state index in [2.05, 4.69) is 5.10 Å². The Hall–Kier alpha value is -2.98. The molecule has 0 saturated carbocycles. The number of nitrogens with zero attached hydrogens (tertiary/aromatic N) is 2. The molecule has 2 heterocycles. The van der Waals surface area contributed by atoms with Gasteiger partial charge in [-0.2, -0.15) is 10.1 Å². The van der Waals surface area contributed by atoms with Gasteiger partial charge in [0.1, 0.15) is 5.71 Å². The number of benzene rings is 2. The Morgan fingerprint density at radius 3 is 2.25 bits per heavy atom. The number of hydrogen-bond acceptors (Lipinski definition) is 3. The fourth-order valence-corrected chi connectivity index (χ4v) is 3.27. The van der Waals surface area contributed by atoms with Crippen LogP contribution in [0.15, 0.2) is 88.9 Å². The monoisotopic (exact) mass is 330 g/mol. The largest absolute Gasteiger partial charge is 0.281 e. The summed E-state index contributed by atoms with van der Waals surface area (Å²) in [7, 11) is 0. The van der Waals surface area contributed by atoms with Crippen molar-refractivity contribution in [3.63, 3.8) is 0 Å². The van der Waals surface area contributed by atoms with Gasteiger partial charge in [-0.3, -0.25) is 4.79 Å². The van der Waals surface area contributed by atoms with E-state index in [0.717, 1.165) is 16.1 Å². The van der Waals surface area contributed by atoms with E-state index in [0.29, 0.717) is 11.3 Å². The Kier molecular flexibility index (Phi) is 3.81. The molecule has 0 saturated heterocycles. The van der Waals surface area contributed by atoms with Crippen LogP contribution in [0.3, 0.4) is 0 Å². The Labute approximate surface area is 144 Å². The summed E-state index contributed by atoms with van der Waals surface area (Å²) >= 11 is 1.60. The summed E-state index contributed by atoms with van der Waals surface area (Å²) in [5.41, 5.74) is 3.03. The number of thiophene rings is 1. The van der Waals surface area contributed by atoms with Crippen LogP contribution in [0.1, 0.15) is 10.4 Å². The van der Waals surface area contributed by atoms with Crippen molar-refractivity contribution in [3.8, 4) is 0 Å². The molecule has 0 bridgehead atoms. The first-order valence-corrected chi connectivity index (χ1v) is 8.50. The number of hydrogen-bond donors (Lipinski definition) is 0. The normalized spacial score (nSPS) is 15.8. The van der Waals surface area contributed by atoms with Crippen LogP contribution < -0.4 is 5.01 Å². The van der Waals surface area contributed by atoms with E-state index in [1.165, 1.54) is 5.01 Å². The topological polar surface area (TPSA) is 32.7 Å². The first-order valence-electron chi connectivity index (χ1n) is 7.62. The Bertz CT molecular complexity index is 913. The minimum absolute atomic E-state index is 0.103. The van der Waals surface area contributed by atoms with E-state index >= 15 is 0 Å². The second-order valence-corrected chi connectivity index (χ2v) is 6.32. The molecule has 1 amide bonds. The molecule has 0 spiro atoms. The van der Waals surface area contributed by atoms with E-state index in [4.69, 9.17) is 0 Å². The molecule has 0 N–H and O–H groups in total. The molecule has 0 atom stereocenters. The van der Waals surface area contributed by atoms with Crippen molar-refractivity contribution >= 4 is 34.7 Å². The lowest BCUT2D eigenvalue weighted by atomic mass is 10.0. The molecule has 0 unspecified atom stereocenters. The summed E-state index contributed by atoms with van der Waals surface area (Å²) in [6.45, 7) is 0. The van der Waals surface area contributed by atoms with Gasteiger partial charge < -0.3 is 0 Å². The average molecular weight is 330 g/mol. The van der Waals surface area contributed by atoms with Gasteiger partial charge in [0.25, 0.3) is 5.91 Å². The average Bonchev–Trinajstić information content (AvgIpc) is 3.26. The van der Waals surface area contributed by atoms with Crippen molar-refractivity contribution in [2.75, 3.05) is 5.01 Å². The SMILES string of the molecule is O=C1C(=Cc2cccs2)C(c2ccccc2)=NN1c1ccccc1. The number of para-hydroxylation sites is 1. The molecule has 2 aromatic carbocycles. The first kappa shape index (κ1) is 14.6. The Morgan fingerprint density at radius 2 is 1.58 bits per heavy atom. The van der Waals surface area contributed by atoms with E-state index in [1.54, 1.807) is 11.3 Å². The molecule has 0 radical (unpaired) electrons. The van der Waals surface area contributed by atoms with Crippen molar-refractivity contribution < 1.29 is 4.79 Å². The quantitative estimate of drug-likeness (QED) is 0.647. The van der Waals surface area contributed by atoms with Gasteiger partial charge in [0.15, 0.2) is 0 Å². The van der Waals surface area contributed by atoms with E-state index < -0.39 is 0 Å². The van der Waals surface area contributed by atoms with Crippen LogP contribution in [0.25, 0.3) is 6.08 Å². The maximum absolute atomic E-state index is 13.0. The van der Waals surface area contributed by atoms with Crippen molar-refractivity contribution in [2.45, 2.75) is 0 Å². The summed E-state index contributed by atoms with van der Waals surface area (Å²) in [4.78, 5) is 14.0. The minimum Gasteiger partial charge on any atom is -0.267 e. The lowest BCUT2D eigenvalue weighted by molar-refractivity contribution is -0.114. The molecular formula is C20H14N2OS. The molecule has 1 aromatic heterocycles. The smallest absolute Gasteiger partial charge is 0.267 e. The summed E-state index contributed by atoms with van der Waals surface area (Å²) in [6.07, 6.45) is 1.92. The van der Waals surface area contributed by atoms with Crippen LogP contribution in [0.4, 0.5) is 5.69 Å². The predicted molar refractivity (Wildman–Crippen MR) is 99.2 cm³/mol. The van der Waals surface area contributed by atoms with Crippen LogP contribution in [0, 0.1) is 0 Å². The van der Waals surface area contributed by atoms with Gasteiger partial charge in [0.2, 0.25) is 0 Å². The van der Waals surface area contributed by atoms with Crippen molar-refractivity contribution in [1.82, 2.24) is 0 Å². The molecule has 1 aliphatic rings. The van der Waals surface area contributed by atoms with Gasteiger partial charge in [-0.25, -0.2) is 0 Å². The number of carbonyl (C=O) groups is 1. The third-order valence-electron chi connectivity index (χ3n) is 3.76. The number of anilines is 1. The Morgan fingerprint density at radius 1 is 0.875 bits per heavy atom. The highest BCUT2D eigenvalue weighted by Crippen LogP contribution is 2.28.